The maximum absolute atomic E-state index is 14.4. The zero-order valence-electron chi connectivity index (χ0n) is 19.9. The summed E-state index contributed by atoms with van der Waals surface area (Å²) in [4.78, 5) is 15.7. The summed E-state index contributed by atoms with van der Waals surface area (Å²) in [5, 5.41) is 17.9. The van der Waals surface area contributed by atoms with Crippen LogP contribution in [0.5, 0.6) is 23.0 Å². The Morgan fingerprint density at radius 1 is 1.08 bits per heavy atom. The molecular formula is C25H18F2N4O6S. The third-order valence-corrected chi connectivity index (χ3v) is 6.34. The van der Waals surface area contributed by atoms with E-state index in [-0.39, 0.29) is 34.3 Å². The van der Waals surface area contributed by atoms with Crippen LogP contribution >= 0.6 is 11.3 Å². The molecule has 10 nitrogen and oxygen atoms in total. The molecule has 0 saturated carbocycles. The van der Waals surface area contributed by atoms with E-state index in [2.05, 4.69) is 10.1 Å². The van der Waals surface area contributed by atoms with E-state index < -0.39 is 16.6 Å². The third-order valence-electron chi connectivity index (χ3n) is 5.52. The molecule has 5 rings (SSSR count). The summed E-state index contributed by atoms with van der Waals surface area (Å²) in [5.41, 5.74) is 0.821. The predicted octanol–water partition coefficient (Wildman–Crippen LogP) is 5.26. The molecule has 4 aromatic rings. The van der Waals surface area contributed by atoms with Gasteiger partial charge in [-0.25, -0.2) is 18.4 Å². The van der Waals surface area contributed by atoms with Gasteiger partial charge in [0.1, 0.15) is 23.0 Å². The van der Waals surface area contributed by atoms with Gasteiger partial charge in [0.25, 0.3) is 5.69 Å². The molecule has 38 heavy (non-hydrogen) atoms. The molecule has 13 heteroatoms. The lowest BCUT2D eigenvalue weighted by Crippen LogP contribution is -2.12. The Balaban J connectivity index is 1.71. The van der Waals surface area contributed by atoms with E-state index in [1.54, 1.807) is 23.6 Å². The van der Waals surface area contributed by atoms with E-state index >= 15 is 0 Å². The number of hydrogen-bond acceptors (Lipinski definition) is 9. The van der Waals surface area contributed by atoms with Crippen LogP contribution in [0.2, 0.25) is 0 Å². The van der Waals surface area contributed by atoms with Gasteiger partial charge in [-0.2, -0.15) is 5.10 Å². The fourth-order valence-corrected chi connectivity index (χ4v) is 4.53. The largest absolute Gasteiger partial charge is 0.497 e. The molecule has 0 fully saturated rings. The number of nitrogens with zero attached hydrogens (tertiary/aromatic N) is 4. The summed E-state index contributed by atoms with van der Waals surface area (Å²) in [7, 11) is 3.02. The van der Waals surface area contributed by atoms with Crippen LogP contribution in [0.1, 0.15) is 5.56 Å². The highest BCUT2D eigenvalue weighted by Gasteiger charge is 2.23. The molecule has 2 heterocycles. The molecule has 0 radical (unpaired) electrons. The second-order valence-electron chi connectivity index (χ2n) is 7.76. The first-order valence-electron chi connectivity index (χ1n) is 10.9. The van der Waals surface area contributed by atoms with E-state index in [9.17, 15) is 18.9 Å². The Morgan fingerprint density at radius 3 is 2.58 bits per heavy atom. The van der Waals surface area contributed by atoms with Gasteiger partial charge in [-0.1, -0.05) is 0 Å². The van der Waals surface area contributed by atoms with Crippen molar-refractivity contribution in [3.63, 3.8) is 0 Å². The van der Waals surface area contributed by atoms with Crippen molar-refractivity contribution in [3.05, 3.63) is 86.0 Å². The molecule has 0 aliphatic carbocycles. The normalized spacial score (nSPS) is 12.8. The van der Waals surface area contributed by atoms with Gasteiger partial charge >= 0.3 is 0 Å². The zero-order chi connectivity index (χ0) is 26.8. The number of benzene rings is 3. The molecule has 0 spiro atoms. The van der Waals surface area contributed by atoms with Gasteiger partial charge in [0.15, 0.2) is 17.3 Å². The van der Waals surface area contributed by atoms with Crippen LogP contribution in [-0.2, 0) is 0 Å². The van der Waals surface area contributed by atoms with Crippen molar-refractivity contribution in [1.82, 2.24) is 4.68 Å². The lowest BCUT2D eigenvalue weighted by atomic mass is 10.1. The predicted molar refractivity (Wildman–Crippen MR) is 135 cm³/mol. The number of rotatable bonds is 7. The van der Waals surface area contributed by atoms with Gasteiger partial charge in [-0.05, 0) is 36.4 Å². The van der Waals surface area contributed by atoms with Crippen molar-refractivity contribution in [2.24, 2.45) is 10.1 Å². The van der Waals surface area contributed by atoms with Crippen molar-refractivity contribution < 1.29 is 32.7 Å². The fourth-order valence-electron chi connectivity index (χ4n) is 3.69. The topological polar surface area (TPSA) is 110 Å². The minimum atomic E-state index is -0.860. The Bertz CT molecular complexity index is 1650. The minimum absolute atomic E-state index is 0.0571. The Morgan fingerprint density at radius 2 is 1.87 bits per heavy atom. The summed E-state index contributed by atoms with van der Waals surface area (Å²) >= 11 is 1.12. The van der Waals surface area contributed by atoms with Crippen molar-refractivity contribution in [3.8, 4) is 34.3 Å². The molecule has 0 bridgehead atoms. The van der Waals surface area contributed by atoms with Crippen LogP contribution in [0, 0.1) is 21.7 Å². The highest BCUT2D eigenvalue weighted by atomic mass is 32.1. The average molecular weight is 541 g/mol. The molecule has 3 aromatic carbocycles. The number of nitro groups is 1. The summed E-state index contributed by atoms with van der Waals surface area (Å²) in [6, 6.07) is 10.9. The van der Waals surface area contributed by atoms with E-state index in [0.717, 1.165) is 23.5 Å². The molecule has 0 N–H and O–H groups in total. The van der Waals surface area contributed by atoms with E-state index in [1.807, 2.05) is 0 Å². The van der Waals surface area contributed by atoms with Gasteiger partial charge in [0.2, 0.25) is 11.6 Å². The number of nitro benzene ring substituents is 1. The van der Waals surface area contributed by atoms with Crippen LogP contribution in [-0.4, -0.2) is 36.8 Å². The molecule has 0 atom stereocenters. The van der Waals surface area contributed by atoms with Crippen molar-refractivity contribution in [2.75, 3.05) is 21.0 Å². The number of thiazole rings is 1. The zero-order valence-corrected chi connectivity index (χ0v) is 20.7. The summed E-state index contributed by atoms with van der Waals surface area (Å²) in [5.74, 6) is 0.0103. The third kappa shape index (κ3) is 4.78. The maximum Gasteiger partial charge on any atom is 0.282 e. The molecule has 1 aliphatic rings. The average Bonchev–Trinajstić information content (AvgIpc) is 3.54. The molecule has 1 aliphatic heterocycles. The van der Waals surface area contributed by atoms with Crippen LogP contribution in [0.25, 0.3) is 11.3 Å². The Hall–Kier alpha value is -4.78. The molecule has 0 amide bonds. The van der Waals surface area contributed by atoms with Gasteiger partial charge in [0, 0.05) is 17.0 Å². The SMILES string of the molecule is COc1ccc(OC)c(-c2csc(=Nc3ccc(F)cc3F)n2/N=C\c2cc3c(cc2[N+](=O)[O-])OCO3)c1. The quantitative estimate of drug-likeness (QED) is 0.180. The molecular weight excluding hydrogens is 522 g/mol. The standard InChI is InChI=1S/C25H18F2N4O6S/c1-34-16-4-6-22(35-2)17(9-16)21-12-38-25(29-19-5-3-15(26)8-18(19)27)30(21)28-11-14-7-23-24(37-13-36-23)10-20(14)31(32)33/h3-12H,13H2,1-2H3/b28-11-,29-25?. The van der Waals surface area contributed by atoms with Gasteiger partial charge in [-0.15, -0.1) is 11.3 Å². The molecule has 1 aromatic heterocycles. The highest BCUT2D eigenvalue weighted by Crippen LogP contribution is 2.38. The maximum atomic E-state index is 14.4. The summed E-state index contributed by atoms with van der Waals surface area (Å²) in [6.07, 6.45) is 1.27. The van der Waals surface area contributed by atoms with Gasteiger partial charge in [-0.3, -0.25) is 10.1 Å². The first kappa shape index (κ1) is 24.9. The van der Waals surface area contributed by atoms with Crippen molar-refractivity contribution >= 4 is 28.9 Å². The van der Waals surface area contributed by atoms with Crippen molar-refractivity contribution in [2.45, 2.75) is 0 Å². The monoisotopic (exact) mass is 540 g/mol. The van der Waals surface area contributed by atoms with Crippen LogP contribution in [0.3, 0.4) is 0 Å². The Kier molecular flexibility index (Phi) is 6.75. The van der Waals surface area contributed by atoms with Crippen LogP contribution in [0.15, 0.2) is 64.0 Å². The molecule has 0 unspecified atom stereocenters. The lowest BCUT2D eigenvalue weighted by Gasteiger charge is -2.11. The lowest BCUT2D eigenvalue weighted by molar-refractivity contribution is -0.385. The van der Waals surface area contributed by atoms with Gasteiger partial charge in [0.05, 0.1) is 42.7 Å². The minimum Gasteiger partial charge on any atom is -0.497 e. The van der Waals surface area contributed by atoms with Crippen LogP contribution in [0.4, 0.5) is 20.2 Å². The second kappa shape index (κ2) is 10.3. The smallest absolute Gasteiger partial charge is 0.282 e. The first-order valence-corrected chi connectivity index (χ1v) is 11.8. The number of methoxy groups -OCH3 is 2. The number of fused-ring (bicyclic) bond motifs is 1. The van der Waals surface area contributed by atoms with E-state index in [1.165, 1.54) is 43.3 Å². The Labute approximate surface area is 217 Å². The van der Waals surface area contributed by atoms with Crippen molar-refractivity contribution in [1.29, 1.82) is 0 Å². The highest BCUT2D eigenvalue weighted by molar-refractivity contribution is 7.07. The first-order chi connectivity index (χ1) is 18.4. The molecule has 194 valence electrons. The van der Waals surface area contributed by atoms with Gasteiger partial charge < -0.3 is 18.9 Å². The van der Waals surface area contributed by atoms with E-state index in [4.69, 9.17) is 18.9 Å². The van der Waals surface area contributed by atoms with Crippen LogP contribution < -0.4 is 23.7 Å². The summed E-state index contributed by atoms with van der Waals surface area (Å²) < 4.78 is 50.7. The number of aromatic nitrogens is 1. The number of hydrogen-bond donors (Lipinski definition) is 0. The second-order valence-corrected chi connectivity index (χ2v) is 8.59. The summed E-state index contributed by atoms with van der Waals surface area (Å²) in [6.45, 7) is -0.0571. The molecule has 0 saturated heterocycles. The van der Waals surface area contributed by atoms with E-state index in [0.29, 0.717) is 28.5 Å². The number of ether oxygens (including phenoxy) is 4. The fraction of sp³-hybridized carbons (Fsp3) is 0.120. The number of halogens is 2.